The summed E-state index contributed by atoms with van der Waals surface area (Å²) in [4.78, 5) is 28.6. The highest BCUT2D eigenvalue weighted by Crippen LogP contribution is 2.08. The Morgan fingerprint density at radius 1 is 1.29 bits per heavy atom. The van der Waals surface area contributed by atoms with E-state index in [4.69, 9.17) is 5.73 Å². The summed E-state index contributed by atoms with van der Waals surface area (Å²) in [6.07, 6.45) is 4.49. The lowest BCUT2D eigenvalue weighted by atomic mass is 10.1. The zero-order chi connectivity index (χ0) is 15.7. The van der Waals surface area contributed by atoms with Crippen molar-refractivity contribution in [1.29, 1.82) is 0 Å². The van der Waals surface area contributed by atoms with Crippen molar-refractivity contribution >= 4 is 18.0 Å². The van der Waals surface area contributed by atoms with Gasteiger partial charge in [0.1, 0.15) is 0 Å². The van der Waals surface area contributed by atoms with E-state index < -0.39 is 11.8 Å². The first kappa shape index (κ1) is 16.6. The molecule has 21 heavy (non-hydrogen) atoms. The van der Waals surface area contributed by atoms with E-state index in [1.807, 2.05) is 43.3 Å². The highest BCUT2D eigenvalue weighted by molar-refractivity contribution is 6.34. The quantitative estimate of drug-likeness (QED) is 0.636. The van der Waals surface area contributed by atoms with Gasteiger partial charge in [0.25, 0.3) is 0 Å². The van der Waals surface area contributed by atoms with Crippen LogP contribution >= 0.6 is 0 Å². The van der Waals surface area contributed by atoms with Crippen molar-refractivity contribution < 1.29 is 9.59 Å². The van der Waals surface area contributed by atoms with Gasteiger partial charge in [0.2, 0.25) is 0 Å². The molecule has 0 spiro atoms. The van der Waals surface area contributed by atoms with Crippen LogP contribution < -0.4 is 5.73 Å². The molecular weight excluding hydrogens is 266 g/mol. The van der Waals surface area contributed by atoms with Crippen molar-refractivity contribution in [3.63, 3.8) is 0 Å². The minimum absolute atomic E-state index is 0.307. The fourth-order valence-electron chi connectivity index (χ4n) is 1.97. The molecule has 1 rings (SSSR count). The zero-order valence-electron chi connectivity index (χ0n) is 12.5. The molecule has 2 amide bonds. The average Bonchev–Trinajstić information content (AvgIpc) is 2.47. The number of benzene rings is 1. The van der Waals surface area contributed by atoms with Gasteiger partial charge in [-0.05, 0) is 17.6 Å². The summed E-state index contributed by atoms with van der Waals surface area (Å²) in [5.74, 6) is -1.64. The SMILES string of the molecule is CC/C=C(\C=NC)CN(Cc1ccccc1)C(=O)C(N)=O. The molecule has 112 valence electrons. The van der Waals surface area contributed by atoms with Gasteiger partial charge in [-0.1, -0.05) is 43.3 Å². The molecule has 0 atom stereocenters. The summed E-state index contributed by atoms with van der Waals surface area (Å²) in [5.41, 5.74) is 6.95. The lowest BCUT2D eigenvalue weighted by molar-refractivity contribution is -0.144. The zero-order valence-corrected chi connectivity index (χ0v) is 12.5. The van der Waals surface area contributed by atoms with Gasteiger partial charge in [0.15, 0.2) is 0 Å². The number of rotatable bonds is 6. The fourth-order valence-corrected chi connectivity index (χ4v) is 1.97. The lowest BCUT2D eigenvalue weighted by Crippen LogP contribution is -2.41. The molecule has 5 nitrogen and oxygen atoms in total. The highest BCUT2D eigenvalue weighted by atomic mass is 16.2. The molecule has 0 aliphatic rings. The average molecular weight is 287 g/mol. The van der Waals surface area contributed by atoms with Crippen molar-refractivity contribution in [3.05, 3.63) is 47.5 Å². The van der Waals surface area contributed by atoms with Gasteiger partial charge in [-0.15, -0.1) is 0 Å². The Labute approximate surface area is 125 Å². The van der Waals surface area contributed by atoms with Crippen molar-refractivity contribution in [2.24, 2.45) is 10.7 Å². The number of allylic oxidation sites excluding steroid dienone is 1. The van der Waals surface area contributed by atoms with Crippen LogP contribution in [-0.4, -0.2) is 36.5 Å². The molecule has 0 saturated carbocycles. The normalized spacial score (nSPS) is 11.6. The van der Waals surface area contributed by atoms with Gasteiger partial charge in [0.05, 0.1) is 0 Å². The Bertz CT molecular complexity index is 536. The molecule has 0 heterocycles. The Hall–Kier alpha value is -2.43. The van der Waals surface area contributed by atoms with Crippen molar-refractivity contribution in [2.45, 2.75) is 19.9 Å². The Morgan fingerprint density at radius 3 is 2.48 bits per heavy atom. The summed E-state index contributed by atoms with van der Waals surface area (Å²) in [7, 11) is 1.67. The molecule has 0 fully saturated rings. The predicted molar refractivity (Wildman–Crippen MR) is 83.8 cm³/mol. The van der Waals surface area contributed by atoms with Crippen molar-refractivity contribution in [3.8, 4) is 0 Å². The van der Waals surface area contributed by atoms with Crippen LogP contribution in [0.5, 0.6) is 0 Å². The number of primary amides is 1. The Morgan fingerprint density at radius 2 is 1.95 bits per heavy atom. The molecule has 1 aromatic rings. The Kier molecular flexibility index (Phi) is 6.87. The van der Waals surface area contributed by atoms with Gasteiger partial charge in [-0.25, -0.2) is 0 Å². The largest absolute Gasteiger partial charge is 0.361 e. The maximum Gasteiger partial charge on any atom is 0.312 e. The van der Waals surface area contributed by atoms with E-state index >= 15 is 0 Å². The van der Waals surface area contributed by atoms with Crippen molar-refractivity contribution in [1.82, 2.24) is 4.90 Å². The minimum Gasteiger partial charge on any atom is -0.361 e. The van der Waals surface area contributed by atoms with Crippen LogP contribution in [0.15, 0.2) is 47.0 Å². The maximum atomic E-state index is 12.0. The van der Waals surface area contributed by atoms with Gasteiger partial charge in [-0.3, -0.25) is 14.6 Å². The smallest absolute Gasteiger partial charge is 0.312 e. The number of hydrogen-bond donors (Lipinski definition) is 1. The minimum atomic E-state index is -0.949. The number of nitrogens with zero attached hydrogens (tertiary/aromatic N) is 2. The molecule has 5 heteroatoms. The molecule has 0 aliphatic carbocycles. The van der Waals surface area contributed by atoms with E-state index in [2.05, 4.69) is 4.99 Å². The van der Waals surface area contributed by atoms with Crippen LogP contribution in [-0.2, 0) is 16.1 Å². The molecule has 0 aliphatic heterocycles. The van der Waals surface area contributed by atoms with E-state index in [-0.39, 0.29) is 0 Å². The second kappa shape index (κ2) is 8.68. The number of nitrogens with two attached hydrogens (primary N) is 1. The van der Waals surface area contributed by atoms with Gasteiger partial charge >= 0.3 is 11.8 Å². The van der Waals surface area contributed by atoms with Crippen LogP contribution in [0.4, 0.5) is 0 Å². The Balaban J connectivity index is 2.94. The lowest BCUT2D eigenvalue weighted by Gasteiger charge is -2.21. The number of carbonyl (C=O) groups is 2. The van der Waals surface area contributed by atoms with Crippen LogP contribution in [0.1, 0.15) is 18.9 Å². The summed E-state index contributed by atoms with van der Waals surface area (Å²) in [5, 5.41) is 0. The molecule has 0 radical (unpaired) electrons. The number of amides is 2. The molecule has 0 bridgehead atoms. The summed E-state index contributed by atoms with van der Waals surface area (Å²) in [6, 6.07) is 9.48. The summed E-state index contributed by atoms with van der Waals surface area (Å²) >= 11 is 0. The summed E-state index contributed by atoms with van der Waals surface area (Å²) < 4.78 is 0. The molecule has 0 aromatic heterocycles. The van der Waals surface area contributed by atoms with E-state index in [0.717, 1.165) is 17.6 Å². The molecule has 1 aromatic carbocycles. The summed E-state index contributed by atoms with van der Waals surface area (Å²) in [6.45, 7) is 2.64. The fraction of sp³-hybridized carbons (Fsp3) is 0.312. The maximum absolute atomic E-state index is 12.0. The number of hydrogen-bond acceptors (Lipinski definition) is 3. The third-order valence-electron chi connectivity index (χ3n) is 2.85. The second-order valence-electron chi connectivity index (χ2n) is 4.59. The third kappa shape index (κ3) is 5.60. The van der Waals surface area contributed by atoms with Crippen LogP contribution in [0, 0.1) is 0 Å². The first-order valence-electron chi connectivity index (χ1n) is 6.82. The van der Waals surface area contributed by atoms with Gasteiger partial charge < -0.3 is 10.6 Å². The predicted octanol–water partition coefficient (Wildman–Crippen LogP) is 1.54. The number of aliphatic imine (C=N–C) groups is 1. The van der Waals surface area contributed by atoms with Crippen LogP contribution in [0.2, 0.25) is 0 Å². The highest BCUT2D eigenvalue weighted by Gasteiger charge is 2.19. The monoisotopic (exact) mass is 287 g/mol. The first-order chi connectivity index (χ1) is 10.1. The van der Waals surface area contributed by atoms with E-state index in [0.29, 0.717) is 13.1 Å². The van der Waals surface area contributed by atoms with E-state index in [9.17, 15) is 9.59 Å². The molecular formula is C16H21N3O2. The third-order valence-corrected chi connectivity index (χ3v) is 2.85. The molecule has 0 saturated heterocycles. The second-order valence-corrected chi connectivity index (χ2v) is 4.59. The molecule has 2 N–H and O–H groups in total. The van der Waals surface area contributed by atoms with Gasteiger partial charge in [-0.2, -0.15) is 0 Å². The van der Waals surface area contributed by atoms with Gasteiger partial charge in [0, 0.05) is 26.4 Å². The topological polar surface area (TPSA) is 75.8 Å². The standard InChI is InChI=1S/C16H21N3O2/c1-3-7-14(10-18-2)12-19(16(21)15(17)20)11-13-8-5-4-6-9-13/h4-10H,3,11-12H2,1-2H3,(H2,17,20)/b14-7+,18-10?. The van der Waals surface area contributed by atoms with E-state index in [1.165, 1.54) is 4.90 Å². The van der Waals surface area contributed by atoms with Crippen LogP contribution in [0.3, 0.4) is 0 Å². The number of carbonyl (C=O) groups excluding carboxylic acids is 2. The molecule has 0 unspecified atom stereocenters. The van der Waals surface area contributed by atoms with Crippen molar-refractivity contribution in [2.75, 3.05) is 13.6 Å². The van der Waals surface area contributed by atoms with E-state index in [1.54, 1.807) is 13.3 Å². The van der Waals surface area contributed by atoms with Crippen LogP contribution in [0.25, 0.3) is 0 Å². The first-order valence-corrected chi connectivity index (χ1v) is 6.82.